The topological polar surface area (TPSA) is 95.8 Å². The van der Waals surface area contributed by atoms with Crippen molar-refractivity contribution < 1.29 is 13.3 Å². The van der Waals surface area contributed by atoms with Gasteiger partial charge in [-0.25, -0.2) is 8.42 Å². The fraction of sp³-hybridized carbons (Fsp3) is 0.400. The summed E-state index contributed by atoms with van der Waals surface area (Å²) in [6, 6.07) is 14.2. The van der Waals surface area contributed by atoms with E-state index in [1.165, 1.54) is 16.4 Å². The first-order valence-electron chi connectivity index (χ1n) is 9.80. The molecule has 0 amide bonds. The minimum absolute atomic E-state index is 0.0361. The van der Waals surface area contributed by atoms with Crippen molar-refractivity contribution in [3.05, 3.63) is 58.6 Å². The van der Waals surface area contributed by atoms with E-state index in [4.69, 9.17) is 0 Å². The van der Waals surface area contributed by atoms with Gasteiger partial charge in [-0.05, 0) is 37.5 Å². The molecule has 0 spiro atoms. The molecule has 8 nitrogen and oxygen atoms in total. The van der Waals surface area contributed by atoms with Gasteiger partial charge < -0.3 is 10.2 Å². The zero-order valence-corrected chi connectivity index (χ0v) is 16.8. The number of anilines is 2. The predicted molar refractivity (Wildman–Crippen MR) is 112 cm³/mol. The molecule has 2 saturated heterocycles. The molecule has 4 rings (SSSR count). The zero-order chi connectivity index (χ0) is 20.4. The van der Waals surface area contributed by atoms with Gasteiger partial charge in [-0.15, -0.1) is 0 Å². The molecule has 0 saturated carbocycles. The third-order valence-electron chi connectivity index (χ3n) is 5.51. The normalized spacial score (nSPS) is 20.1. The molecule has 1 N–H and O–H groups in total. The molecule has 29 heavy (non-hydrogen) atoms. The van der Waals surface area contributed by atoms with E-state index in [9.17, 15) is 18.5 Å². The number of sulfonamides is 1. The number of nitro benzene ring substituents is 1. The van der Waals surface area contributed by atoms with Gasteiger partial charge in [0.25, 0.3) is 5.69 Å². The number of non-ortho nitro benzene ring substituents is 1. The molecule has 2 heterocycles. The lowest BCUT2D eigenvalue weighted by atomic mass is 10.2. The summed E-state index contributed by atoms with van der Waals surface area (Å²) in [5.41, 5.74) is 1.36. The third kappa shape index (κ3) is 4.06. The molecule has 0 aliphatic carbocycles. The van der Waals surface area contributed by atoms with Crippen molar-refractivity contribution in [3.8, 4) is 0 Å². The summed E-state index contributed by atoms with van der Waals surface area (Å²) < 4.78 is 27.9. The van der Waals surface area contributed by atoms with Crippen molar-refractivity contribution in [2.24, 2.45) is 0 Å². The Hall–Kier alpha value is -2.65. The molecule has 2 fully saturated rings. The Morgan fingerprint density at radius 1 is 1.03 bits per heavy atom. The van der Waals surface area contributed by atoms with Crippen LogP contribution in [0.4, 0.5) is 17.1 Å². The number of hydrogen-bond donors (Lipinski definition) is 1. The van der Waals surface area contributed by atoms with Crippen molar-refractivity contribution in [2.45, 2.75) is 30.2 Å². The average molecular weight is 417 g/mol. The Bertz CT molecular complexity index is 991. The van der Waals surface area contributed by atoms with Crippen molar-refractivity contribution >= 4 is 27.1 Å². The van der Waals surface area contributed by atoms with E-state index in [2.05, 4.69) is 5.32 Å². The molecular formula is C20H24N4O4S. The monoisotopic (exact) mass is 416 g/mol. The van der Waals surface area contributed by atoms with Gasteiger partial charge in [0.05, 0.1) is 10.6 Å². The molecular weight excluding hydrogens is 392 g/mol. The summed E-state index contributed by atoms with van der Waals surface area (Å²) in [5, 5.41) is 14.7. The maximum Gasteiger partial charge on any atom is 0.270 e. The maximum absolute atomic E-state index is 13.2. The molecule has 2 aromatic carbocycles. The van der Waals surface area contributed by atoms with Gasteiger partial charge in [0.2, 0.25) is 10.0 Å². The van der Waals surface area contributed by atoms with E-state index in [0.29, 0.717) is 31.9 Å². The third-order valence-corrected chi connectivity index (χ3v) is 7.44. The predicted octanol–water partition coefficient (Wildman–Crippen LogP) is 3.07. The molecule has 1 atom stereocenters. The first-order valence-corrected chi connectivity index (χ1v) is 11.2. The van der Waals surface area contributed by atoms with Crippen LogP contribution in [0.2, 0.25) is 0 Å². The second-order valence-corrected chi connectivity index (χ2v) is 9.37. The van der Waals surface area contributed by atoms with E-state index in [-0.39, 0.29) is 16.6 Å². The summed E-state index contributed by atoms with van der Waals surface area (Å²) in [6.45, 7) is 2.24. The fourth-order valence-corrected chi connectivity index (χ4v) is 5.77. The smallest absolute Gasteiger partial charge is 0.270 e. The summed E-state index contributed by atoms with van der Waals surface area (Å²) >= 11 is 0. The van der Waals surface area contributed by atoms with Crippen LogP contribution >= 0.6 is 0 Å². The summed E-state index contributed by atoms with van der Waals surface area (Å²) in [6.07, 6.45) is 2.49. The van der Waals surface area contributed by atoms with Crippen LogP contribution in [0.15, 0.2) is 53.4 Å². The highest BCUT2D eigenvalue weighted by Gasteiger charge is 2.34. The maximum atomic E-state index is 13.2. The minimum atomic E-state index is -3.77. The van der Waals surface area contributed by atoms with Crippen LogP contribution in [0.5, 0.6) is 0 Å². The van der Waals surface area contributed by atoms with Crippen LogP contribution in [0.1, 0.15) is 19.3 Å². The van der Waals surface area contributed by atoms with E-state index < -0.39 is 14.9 Å². The molecule has 0 unspecified atom stereocenters. The van der Waals surface area contributed by atoms with Crippen molar-refractivity contribution in [1.29, 1.82) is 0 Å². The fourth-order valence-electron chi connectivity index (χ4n) is 4.02. The van der Waals surface area contributed by atoms with E-state index in [1.54, 1.807) is 6.07 Å². The van der Waals surface area contributed by atoms with Gasteiger partial charge in [0, 0.05) is 50.0 Å². The highest BCUT2D eigenvalue weighted by atomic mass is 32.2. The van der Waals surface area contributed by atoms with Crippen LogP contribution in [0.25, 0.3) is 0 Å². The van der Waals surface area contributed by atoms with Crippen LogP contribution in [-0.2, 0) is 10.0 Å². The number of para-hydroxylation sites is 1. The number of benzene rings is 2. The molecule has 2 aromatic rings. The second kappa shape index (κ2) is 8.00. The van der Waals surface area contributed by atoms with Gasteiger partial charge in [0.1, 0.15) is 4.90 Å². The van der Waals surface area contributed by atoms with Gasteiger partial charge >= 0.3 is 0 Å². The lowest BCUT2D eigenvalue weighted by molar-refractivity contribution is -0.385. The van der Waals surface area contributed by atoms with Crippen LogP contribution in [0, 0.1) is 10.1 Å². The highest BCUT2D eigenvalue weighted by molar-refractivity contribution is 7.89. The lowest BCUT2D eigenvalue weighted by Gasteiger charge is -2.24. The Kier molecular flexibility index (Phi) is 5.42. The van der Waals surface area contributed by atoms with E-state index in [1.807, 2.05) is 35.2 Å². The van der Waals surface area contributed by atoms with Crippen molar-refractivity contribution in [3.63, 3.8) is 0 Å². The molecule has 154 valence electrons. The Morgan fingerprint density at radius 3 is 2.45 bits per heavy atom. The second-order valence-electron chi connectivity index (χ2n) is 7.46. The Morgan fingerprint density at radius 2 is 1.76 bits per heavy atom. The molecule has 0 aromatic heterocycles. The standard InChI is InChI=1S/C20H24N4O4S/c25-24(26)18-8-9-19(20(14-18)29(27,28)23-11-4-5-12-23)22-13-10-17(15-22)21-16-6-2-1-3-7-16/h1-3,6-9,14,17,21H,4-5,10-13,15H2/t17-/m1/s1. The molecule has 2 aliphatic rings. The van der Waals surface area contributed by atoms with E-state index >= 15 is 0 Å². The zero-order valence-electron chi connectivity index (χ0n) is 16.0. The van der Waals surface area contributed by atoms with Crippen molar-refractivity contribution in [2.75, 3.05) is 36.4 Å². The number of nitrogens with zero attached hydrogens (tertiary/aromatic N) is 3. The SMILES string of the molecule is O=[N+]([O-])c1ccc(N2CC[C@@H](Nc3ccccc3)C2)c(S(=O)(=O)N2CCCC2)c1. The number of hydrogen-bond acceptors (Lipinski definition) is 6. The summed E-state index contributed by atoms with van der Waals surface area (Å²) in [5.74, 6) is 0. The molecule has 2 aliphatic heterocycles. The summed E-state index contributed by atoms with van der Waals surface area (Å²) in [7, 11) is -3.77. The lowest BCUT2D eigenvalue weighted by Crippen LogP contribution is -2.31. The Balaban J connectivity index is 1.62. The first kappa shape index (κ1) is 19.7. The van der Waals surface area contributed by atoms with Crippen molar-refractivity contribution in [1.82, 2.24) is 4.31 Å². The van der Waals surface area contributed by atoms with E-state index in [0.717, 1.165) is 24.9 Å². The van der Waals surface area contributed by atoms with Crippen LogP contribution < -0.4 is 10.2 Å². The molecule has 9 heteroatoms. The van der Waals surface area contributed by atoms with Gasteiger partial charge in [-0.3, -0.25) is 10.1 Å². The Labute approximate surface area is 170 Å². The van der Waals surface area contributed by atoms with Gasteiger partial charge in [-0.1, -0.05) is 18.2 Å². The summed E-state index contributed by atoms with van der Waals surface area (Å²) in [4.78, 5) is 12.8. The molecule has 0 bridgehead atoms. The van der Waals surface area contributed by atoms with Gasteiger partial charge in [0.15, 0.2) is 0 Å². The van der Waals surface area contributed by atoms with Gasteiger partial charge in [-0.2, -0.15) is 4.31 Å². The average Bonchev–Trinajstić information content (AvgIpc) is 3.41. The number of rotatable bonds is 6. The molecule has 0 radical (unpaired) electrons. The number of nitro groups is 1. The number of nitrogens with one attached hydrogen (secondary N) is 1. The highest BCUT2D eigenvalue weighted by Crippen LogP contribution is 2.35. The van der Waals surface area contributed by atoms with Crippen LogP contribution in [-0.4, -0.2) is 49.9 Å². The first-order chi connectivity index (χ1) is 13.9. The van der Waals surface area contributed by atoms with Crippen LogP contribution in [0.3, 0.4) is 0 Å². The quantitative estimate of drug-likeness (QED) is 0.574. The minimum Gasteiger partial charge on any atom is -0.380 e. The largest absolute Gasteiger partial charge is 0.380 e.